The number of methoxy groups -OCH3 is 1. The van der Waals surface area contributed by atoms with Crippen LogP contribution in [0.25, 0.3) is 0 Å². The zero-order chi connectivity index (χ0) is 17.8. The van der Waals surface area contributed by atoms with Crippen LogP contribution in [0.1, 0.15) is 33.6 Å². The lowest BCUT2D eigenvalue weighted by Crippen LogP contribution is -2.31. The van der Waals surface area contributed by atoms with Crippen LogP contribution >= 0.6 is 0 Å². The van der Waals surface area contributed by atoms with E-state index in [1.54, 1.807) is 48.5 Å². The maximum Gasteiger partial charge on any atom is 0.311 e. The lowest BCUT2D eigenvalue weighted by Gasteiger charge is -2.13. The molecule has 0 bridgehead atoms. The van der Waals surface area contributed by atoms with Gasteiger partial charge < -0.3 is 9.47 Å². The van der Waals surface area contributed by atoms with Crippen LogP contribution < -0.4 is 9.47 Å². The Labute approximate surface area is 145 Å². The van der Waals surface area contributed by atoms with Gasteiger partial charge in [0, 0.05) is 13.0 Å². The molecule has 128 valence electrons. The van der Waals surface area contributed by atoms with Gasteiger partial charge in [0.15, 0.2) is 11.5 Å². The van der Waals surface area contributed by atoms with Crippen molar-refractivity contribution in [2.45, 2.75) is 12.8 Å². The number of carbonyl (C=O) groups excluding carboxylic acids is 3. The highest BCUT2D eigenvalue weighted by Crippen LogP contribution is 2.26. The highest BCUT2D eigenvalue weighted by Gasteiger charge is 2.34. The maximum absolute atomic E-state index is 12.2. The molecule has 0 aliphatic carbocycles. The number of benzene rings is 2. The molecule has 0 unspecified atom stereocenters. The van der Waals surface area contributed by atoms with E-state index in [9.17, 15) is 14.4 Å². The second kappa shape index (κ2) is 7.17. The van der Waals surface area contributed by atoms with Crippen LogP contribution in [0, 0.1) is 0 Å². The number of nitrogens with zero attached hydrogens (tertiary/aromatic N) is 1. The Kier molecular flexibility index (Phi) is 4.79. The first kappa shape index (κ1) is 16.7. The maximum atomic E-state index is 12.2. The summed E-state index contributed by atoms with van der Waals surface area (Å²) in [4.78, 5) is 37.6. The minimum absolute atomic E-state index is 0.0887. The fourth-order valence-electron chi connectivity index (χ4n) is 2.70. The molecule has 0 N–H and O–H groups in total. The Morgan fingerprint density at radius 1 is 0.920 bits per heavy atom. The van der Waals surface area contributed by atoms with E-state index in [-0.39, 0.29) is 24.8 Å². The van der Waals surface area contributed by atoms with Crippen molar-refractivity contribution in [3.8, 4) is 11.5 Å². The summed E-state index contributed by atoms with van der Waals surface area (Å²) in [6, 6.07) is 13.6. The fraction of sp³-hybridized carbons (Fsp3) is 0.211. The topological polar surface area (TPSA) is 72.9 Å². The van der Waals surface area contributed by atoms with E-state index in [1.807, 2.05) is 0 Å². The summed E-state index contributed by atoms with van der Waals surface area (Å²) in [5.74, 6) is -0.273. The molecule has 1 aliphatic rings. The minimum atomic E-state index is -0.443. The van der Waals surface area contributed by atoms with E-state index in [4.69, 9.17) is 9.47 Å². The van der Waals surface area contributed by atoms with E-state index in [0.29, 0.717) is 29.0 Å². The lowest BCUT2D eigenvalue weighted by molar-refractivity contribution is -0.134. The van der Waals surface area contributed by atoms with Crippen LogP contribution in [0.5, 0.6) is 11.5 Å². The van der Waals surface area contributed by atoms with Crippen LogP contribution in [0.2, 0.25) is 0 Å². The van der Waals surface area contributed by atoms with Crippen LogP contribution in [0.3, 0.4) is 0 Å². The van der Waals surface area contributed by atoms with Crippen molar-refractivity contribution in [3.05, 3.63) is 59.7 Å². The van der Waals surface area contributed by atoms with Gasteiger partial charge in [0.1, 0.15) is 0 Å². The summed E-state index contributed by atoms with van der Waals surface area (Å²) in [6.07, 6.45) is 0.422. The average molecular weight is 339 g/mol. The van der Waals surface area contributed by atoms with Gasteiger partial charge in [-0.2, -0.15) is 0 Å². The second-order valence-electron chi connectivity index (χ2n) is 5.54. The Morgan fingerprint density at radius 3 is 2.08 bits per heavy atom. The second-order valence-corrected chi connectivity index (χ2v) is 5.54. The molecule has 0 aromatic heterocycles. The molecule has 6 nitrogen and oxygen atoms in total. The minimum Gasteiger partial charge on any atom is -0.493 e. The van der Waals surface area contributed by atoms with Gasteiger partial charge in [0.2, 0.25) is 0 Å². The van der Waals surface area contributed by atoms with Gasteiger partial charge >= 0.3 is 5.97 Å². The summed E-state index contributed by atoms with van der Waals surface area (Å²) < 4.78 is 10.4. The zero-order valence-electron chi connectivity index (χ0n) is 13.7. The number of fused-ring (bicyclic) bond motifs is 1. The third-order valence-corrected chi connectivity index (χ3v) is 3.93. The number of hydrogen-bond acceptors (Lipinski definition) is 5. The molecule has 0 fully saturated rings. The van der Waals surface area contributed by atoms with Crippen LogP contribution in [0.4, 0.5) is 0 Å². The van der Waals surface area contributed by atoms with Gasteiger partial charge in [0.25, 0.3) is 11.8 Å². The summed E-state index contributed by atoms with van der Waals surface area (Å²) in [5.41, 5.74) is 0.813. The smallest absolute Gasteiger partial charge is 0.311 e. The molecule has 2 amide bonds. The summed E-state index contributed by atoms with van der Waals surface area (Å²) in [6.45, 7) is 0.174. The molecule has 2 aromatic rings. The van der Waals surface area contributed by atoms with Crippen molar-refractivity contribution in [1.29, 1.82) is 0 Å². The van der Waals surface area contributed by atoms with E-state index in [1.165, 1.54) is 12.0 Å². The fourth-order valence-corrected chi connectivity index (χ4v) is 2.70. The van der Waals surface area contributed by atoms with Crippen molar-refractivity contribution < 1.29 is 23.9 Å². The molecule has 0 atom stereocenters. The van der Waals surface area contributed by atoms with E-state index in [0.717, 1.165) is 0 Å². The number of rotatable bonds is 6. The monoisotopic (exact) mass is 339 g/mol. The zero-order valence-corrected chi connectivity index (χ0v) is 13.7. The molecule has 3 rings (SSSR count). The highest BCUT2D eigenvalue weighted by molar-refractivity contribution is 6.21. The lowest BCUT2D eigenvalue weighted by atomic mass is 10.1. The van der Waals surface area contributed by atoms with E-state index < -0.39 is 5.97 Å². The number of esters is 1. The Bertz CT molecular complexity index is 795. The third-order valence-electron chi connectivity index (χ3n) is 3.93. The number of ether oxygens (including phenoxy) is 2. The van der Waals surface area contributed by atoms with Crippen molar-refractivity contribution >= 4 is 17.8 Å². The molecule has 0 spiro atoms. The first-order chi connectivity index (χ1) is 12.1. The molecule has 6 heteroatoms. The predicted molar refractivity (Wildman–Crippen MR) is 89.7 cm³/mol. The molecular weight excluding hydrogens is 322 g/mol. The molecule has 1 aliphatic heterocycles. The average Bonchev–Trinajstić information content (AvgIpc) is 2.87. The summed E-state index contributed by atoms with van der Waals surface area (Å²) in [7, 11) is 1.49. The van der Waals surface area contributed by atoms with Gasteiger partial charge in [-0.15, -0.1) is 0 Å². The quantitative estimate of drug-likeness (QED) is 0.460. The van der Waals surface area contributed by atoms with Gasteiger partial charge in [-0.1, -0.05) is 24.3 Å². The van der Waals surface area contributed by atoms with Gasteiger partial charge in [0.05, 0.1) is 18.2 Å². The Balaban J connectivity index is 1.54. The molecule has 2 aromatic carbocycles. The van der Waals surface area contributed by atoms with Crippen molar-refractivity contribution in [3.63, 3.8) is 0 Å². The number of amides is 2. The summed E-state index contributed by atoms with van der Waals surface area (Å²) >= 11 is 0. The molecule has 0 radical (unpaired) electrons. The predicted octanol–water partition coefficient (Wildman–Crippen LogP) is 2.68. The van der Waals surface area contributed by atoms with Crippen molar-refractivity contribution in [2.24, 2.45) is 0 Å². The highest BCUT2D eigenvalue weighted by atomic mass is 16.6. The number of imide groups is 1. The summed E-state index contributed by atoms with van der Waals surface area (Å²) in [5, 5.41) is 0. The SMILES string of the molecule is COc1ccccc1OC(=O)CCCN1C(=O)c2ccccc2C1=O. The molecule has 0 saturated carbocycles. The largest absolute Gasteiger partial charge is 0.493 e. The molecule has 1 heterocycles. The Hall–Kier alpha value is -3.15. The van der Waals surface area contributed by atoms with Crippen molar-refractivity contribution in [1.82, 2.24) is 4.90 Å². The van der Waals surface area contributed by atoms with Crippen molar-refractivity contribution in [2.75, 3.05) is 13.7 Å². The number of para-hydroxylation sites is 2. The van der Waals surface area contributed by atoms with Crippen LogP contribution in [0.15, 0.2) is 48.5 Å². The van der Waals surface area contributed by atoms with E-state index >= 15 is 0 Å². The number of hydrogen-bond donors (Lipinski definition) is 0. The van der Waals surface area contributed by atoms with Crippen LogP contribution in [-0.4, -0.2) is 36.3 Å². The van der Waals surface area contributed by atoms with Gasteiger partial charge in [-0.25, -0.2) is 0 Å². The first-order valence-corrected chi connectivity index (χ1v) is 7.90. The van der Waals surface area contributed by atoms with Crippen LogP contribution in [-0.2, 0) is 4.79 Å². The van der Waals surface area contributed by atoms with Gasteiger partial charge in [-0.3, -0.25) is 19.3 Å². The normalized spacial score (nSPS) is 12.9. The van der Waals surface area contributed by atoms with Gasteiger partial charge in [-0.05, 0) is 30.7 Å². The van der Waals surface area contributed by atoms with E-state index in [2.05, 4.69) is 0 Å². The molecular formula is C19H17NO5. The molecule has 25 heavy (non-hydrogen) atoms. The third kappa shape index (κ3) is 3.38. The standard InChI is InChI=1S/C19H17NO5/c1-24-15-9-4-5-10-16(15)25-17(21)11-6-12-20-18(22)13-7-2-3-8-14(13)19(20)23/h2-5,7-10H,6,11-12H2,1H3. The number of carbonyl (C=O) groups is 3. The molecule has 0 saturated heterocycles. The Morgan fingerprint density at radius 2 is 1.48 bits per heavy atom. The first-order valence-electron chi connectivity index (χ1n) is 7.90.